The second kappa shape index (κ2) is 9.21. The maximum absolute atomic E-state index is 13.2. The van der Waals surface area contributed by atoms with Gasteiger partial charge in [0.25, 0.3) is 0 Å². The van der Waals surface area contributed by atoms with Gasteiger partial charge in [-0.25, -0.2) is 13.6 Å². The molecule has 0 unspecified atom stereocenters. The lowest BCUT2D eigenvalue weighted by atomic mass is 10.1. The van der Waals surface area contributed by atoms with Crippen molar-refractivity contribution in [1.29, 1.82) is 0 Å². The first-order valence-electron chi connectivity index (χ1n) is 9.15. The van der Waals surface area contributed by atoms with E-state index in [1.54, 1.807) is 30.5 Å². The van der Waals surface area contributed by atoms with Crippen LogP contribution in [0.15, 0.2) is 54.7 Å². The lowest BCUT2D eigenvalue weighted by Crippen LogP contribution is -2.08. The van der Waals surface area contributed by atoms with E-state index in [1.165, 1.54) is 22.8 Å². The number of hydrogen-bond acceptors (Lipinski definition) is 3. The van der Waals surface area contributed by atoms with Crippen molar-refractivity contribution in [2.75, 3.05) is 0 Å². The number of rotatable bonds is 9. The molecule has 6 nitrogen and oxygen atoms in total. The summed E-state index contributed by atoms with van der Waals surface area (Å²) in [5.74, 6) is -2.89. The second-order valence-corrected chi connectivity index (χ2v) is 6.70. The molecule has 30 heavy (non-hydrogen) atoms. The van der Waals surface area contributed by atoms with Crippen molar-refractivity contribution >= 4 is 11.9 Å². The van der Waals surface area contributed by atoms with Crippen molar-refractivity contribution in [3.8, 4) is 16.9 Å². The molecule has 3 aromatic rings. The number of ether oxygens (including phenoxy) is 1. The summed E-state index contributed by atoms with van der Waals surface area (Å²) >= 11 is 0. The van der Waals surface area contributed by atoms with Gasteiger partial charge in [-0.05, 0) is 47.9 Å². The van der Waals surface area contributed by atoms with Crippen LogP contribution in [0, 0.1) is 11.6 Å². The number of aromatic nitrogens is 1. The number of aliphatic carboxylic acids is 1. The van der Waals surface area contributed by atoms with Crippen LogP contribution in [0.1, 0.15) is 28.9 Å². The number of carboxylic acids is 2. The molecule has 0 fully saturated rings. The third-order valence-corrected chi connectivity index (χ3v) is 4.42. The Balaban J connectivity index is 1.70. The minimum absolute atomic E-state index is 0.00283. The first kappa shape index (κ1) is 21.0. The van der Waals surface area contributed by atoms with E-state index in [2.05, 4.69) is 0 Å². The summed E-state index contributed by atoms with van der Waals surface area (Å²) in [7, 11) is 0. The van der Waals surface area contributed by atoms with Crippen LogP contribution in [-0.2, 0) is 17.9 Å². The van der Waals surface area contributed by atoms with Gasteiger partial charge >= 0.3 is 11.9 Å². The van der Waals surface area contributed by atoms with Gasteiger partial charge in [0, 0.05) is 30.8 Å². The predicted octanol–water partition coefficient (Wildman–Crippen LogP) is 4.58. The molecule has 0 saturated heterocycles. The van der Waals surface area contributed by atoms with Gasteiger partial charge in [-0.1, -0.05) is 12.1 Å². The minimum atomic E-state index is -1.10. The van der Waals surface area contributed by atoms with E-state index in [1.807, 2.05) is 0 Å². The van der Waals surface area contributed by atoms with Gasteiger partial charge in [0.05, 0.1) is 0 Å². The van der Waals surface area contributed by atoms with E-state index >= 15 is 0 Å². The zero-order valence-electron chi connectivity index (χ0n) is 15.8. The smallest absolute Gasteiger partial charge is 0.352 e. The fourth-order valence-electron chi connectivity index (χ4n) is 3.04. The van der Waals surface area contributed by atoms with Gasteiger partial charge in [0.1, 0.15) is 29.7 Å². The Morgan fingerprint density at radius 1 is 0.933 bits per heavy atom. The van der Waals surface area contributed by atoms with Gasteiger partial charge in [-0.3, -0.25) is 4.79 Å². The summed E-state index contributed by atoms with van der Waals surface area (Å²) in [5, 5.41) is 18.1. The van der Waals surface area contributed by atoms with Crippen LogP contribution in [0.3, 0.4) is 0 Å². The topological polar surface area (TPSA) is 88.8 Å². The first-order valence-corrected chi connectivity index (χ1v) is 9.15. The van der Waals surface area contributed by atoms with Crippen molar-refractivity contribution in [3.05, 3.63) is 77.6 Å². The molecule has 0 aliphatic rings. The standard InChI is InChI=1S/C22H19F2NO5/c23-17-8-14(9-18(24)11-17)13-30-19-5-3-15(4-6-19)16-10-20(22(28)29)25(12-16)7-1-2-21(26)27/h3-6,8-12H,1-2,7,13H2,(H,26,27)(H,28,29). The number of nitrogens with zero attached hydrogens (tertiary/aromatic N) is 1. The maximum atomic E-state index is 13.2. The van der Waals surface area contributed by atoms with Gasteiger partial charge in [-0.15, -0.1) is 0 Å². The fourth-order valence-corrected chi connectivity index (χ4v) is 3.04. The lowest BCUT2D eigenvalue weighted by Gasteiger charge is -2.07. The Morgan fingerprint density at radius 2 is 1.60 bits per heavy atom. The van der Waals surface area contributed by atoms with Crippen molar-refractivity contribution < 1.29 is 33.3 Å². The number of aromatic carboxylic acids is 1. The zero-order chi connectivity index (χ0) is 21.7. The molecule has 0 aliphatic heterocycles. The molecular weight excluding hydrogens is 396 g/mol. The molecule has 0 atom stereocenters. The highest BCUT2D eigenvalue weighted by Crippen LogP contribution is 2.26. The number of hydrogen-bond donors (Lipinski definition) is 2. The van der Waals surface area contributed by atoms with Crippen molar-refractivity contribution in [2.24, 2.45) is 0 Å². The summed E-state index contributed by atoms with van der Waals surface area (Å²) < 4.78 is 33.5. The summed E-state index contributed by atoms with van der Waals surface area (Å²) in [5.41, 5.74) is 1.85. The third-order valence-electron chi connectivity index (χ3n) is 4.42. The van der Waals surface area contributed by atoms with Crippen LogP contribution >= 0.6 is 0 Å². The molecule has 0 amide bonds. The monoisotopic (exact) mass is 415 g/mol. The Kier molecular flexibility index (Phi) is 6.46. The molecule has 1 heterocycles. The van der Waals surface area contributed by atoms with E-state index < -0.39 is 23.6 Å². The molecule has 0 radical (unpaired) electrons. The first-order chi connectivity index (χ1) is 14.3. The molecule has 0 bridgehead atoms. The Morgan fingerprint density at radius 3 is 2.20 bits per heavy atom. The van der Waals surface area contributed by atoms with Crippen LogP contribution < -0.4 is 4.74 Å². The second-order valence-electron chi connectivity index (χ2n) is 6.70. The van der Waals surface area contributed by atoms with Gasteiger partial charge < -0.3 is 19.5 Å². The number of carboxylic acid groups (broad SMARTS) is 2. The molecule has 2 N–H and O–H groups in total. The largest absolute Gasteiger partial charge is 0.489 e. The molecule has 1 aromatic heterocycles. The summed E-state index contributed by atoms with van der Waals surface area (Å²) in [6.07, 6.45) is 1.93. The third kappa shape index (κ3) is 5.44. The van der Waals surface area contributed by atoms with E-state index in [0.717, 1.165) is 11.6 Å². The highest BCUT2D eigenvalue weighted by atomic mass is 19.1. The van der Waals surface area contributed by atoms with E-state index in [4.69, 9.17) is 9.84 Å². The number of benzene rings is 2. The molecule has 0 saturated carbocycles. The summed E-state index contributed by atoms with van der Waals surface area (Å²) in [4.78, 5) is 22.1. The SMILES string of the molecule is O=C(O)CCCn1cc(-c2ccc(OCc3cc(F)cc(F)c3)cc2)cc1C(=O)O. The average molecular weight is 415 g/mol. The van der Waals surface area contributed by atoms with Crippen molar-refractivity contribution in [2.45, 2.75) is 26.0 Å². The Bertz CT molecular complexity index is 1040. The molecule has 8 heteroatoms. The molecule has 2 aromatic carbocycles. The number of halogens is 2. The molecule has 0 spiro atoms. The zero-order valence-corrected chi connectivity index (χ0v) is 15.8. The molecule has 156 valence electrons. The lowest BCUT2D eigenvalue weighted by molar-refractivity contribution is -0.137. The fraction of sp³-hybridized carbons (Fsp3) is 0.182. The average Bonchev–Trinajstić information content (AvgIpc) is 3.10. The van der Waals surface area contributed by atoms with Gasteiger partial charge in [0.15, 0.2) is 0 Å². The van der Waals surface area contributed by atoms with Gasteiger partial charge in [0.2, 0.25) is 0 Å². The molecule has 3 rings (SSSR count). The highest BCUT2D eigenvalue weighted by Gasteiger charge is 2.14. The van der Waals surface area contributed by atoms with Crippen molar-refractivity contribution in [3.63, 3.8) is 0 Å². The molecular formula is C22H19F2NO5. The minimum Gasteiger partial charge on any atom is -0.489 e. The van der Waals surface area contributed by atoms with E-state index in [-0.39, 0.29) is 25.3 Å². The van der Waals surface area contributed by atoms with Gasteiger partial charge in [-0.2, -0.15) is 0 Å². The van der Waals surface area contributed by atoms with Crippen LogP contribution in [0.4, 0.5) is 8.78 Å². The summed E-state index contributed by atoms with van der Waals surface area (Å²) in [6, 6.07) is 11.5. The van der Waals surface area contributed by atoms with Crippen LogP contribution in [0.5, 0.6) is 5.75 Å². The molecule has 0 aliphatic carbocycles. The highest BCUT2D eigenvalue weighted by molar-refractivity contribution is 5.88. The van der Waals surface area contributed by atoms with Crippen LogP contribution in [0.2, 0.25) is 0 Å². The predicted molar refractivity (Wildman–Crippen MR) is 104 cm³/mol. The van der Waals surface area contributed by atoms with Crippen molar-refractivity contribution in [1.82, 2.24) is 4.57 Å². The van der Waals surface area contributed by atoms with E-state index in [0.29, 0.717) is 23.3 Å². The van der Waals surface area contributed by atoms with Crippen LogP contribution in [-0.4, -0.2) is 26.7 Å². The number of aryl methyl sites for hydroxylation is 1. The Labute approximate surface area is 171 Å². The number of carbonyl (C=O) groups is 2. The van der Waals surface area contributed by atoms with E-state index in [9.17, 15) is 23.5 Å². The van der Waals surface area contributed by atoms with Crippen LogP contribution in [0.25, 0.3) is 11.1 Å². The summed E-state index contributed by atoms with van der Waals surface area (Å²) in [6.45, 7) is 0.274. The Hall–Kier alpha value is -3.68. The quantitative estimate of drug-likeness (QED) is 0.534. The maximum Gasteiger partial charge on any atom is 0.352 e. The normalized spacial score (nSPS) is 10.7.